The van der Waals surface area contributed by atoms with Crippen LogP contribution in [0, 0.1) is 0 Å². The van der Waals surface area contributed by atoms with Gasteiger partial charge in [0.15, 0.2) is 0 Å². The maximum atomic E-state index is 11.6. The van der Waals surface area contributed by atoms with Crippen LogP contribution in [0.1, 0.15) is 32.3 Å². The number of rotatable bonds is 8. The van der Waals surface area contributed by atoms with Crippen molar-refractivity contribution in [3.63, 3.8) is 0 Å². The summed E-state index contributed by atoms with van der Waals surface area (Å²) in [5.74, 6) is 0.426. The molecule has 1 aromatic rings. The van der Waals surface area contributed by atoms with Gasteiger partial charge in [0.1, 0.15) is 12.4 Å². The Morgan fingerprint density at radius 3 is 2.71 bits per heavy atom. The van der Waals surface area contributed by atoms with Gasteiger partial charge in [-0.3, -0.25) is 4.79 Å². The van der Waals surface area contributed by atoms with Crippen molar-refractivity contribution in [1.82, 2.24) is 0 Å². The summed E-state index contributed by atoms with van der Waals surface area (Å²) in [7, 11) is 0. The van der Waals surface area contributed by atoms with Gasteiger partial charge in [0, 0.05) is 22.6 Å². The molecule has 2 rings (SSSR count). The number of ether oxygens (including phenoxy) is 1. The fourth-order valence-electron chi connectivity index (χ4n) is 2.71. The molecule has 0 atom stereocenters. The summed E-state index contributed by atoms with van der Waals surface area (Å²) < 4.78 is 6.12. The largest absolute Gasteiger partial charge is 0.492 e. The highest BCUT2D eigenvalue weighted by Gasteiger charge is 2.12. The van der Waals surface area contributed by atoms with Crippen molar-refractivity contribution in [3.8, 4) is 0 Å². The molecule has 1 aliphatic rings. The number of carbonyl (C=O) groups excluding carboxylic acids is 1. The lowest BCUT2D eigenvalue weighted by Gasteiger charge is -2.14. The van der Waals surface area contributed by atoms with Gasteiger partial charge in [0.05, 0.1) is 0 Å². The van der Waals surface area contributed by atoms with Gasteiger partial charge >= 0.3 is 0 Å². The summed E-state index contributed by atoms with van der Waals surface area (Å²) in [5.41, 5.74) is 9.04. The second-order valence-corrected chi connectivity index (χ2v) is 6.86. The van der Waals surface area contributed by atoms with Crippen molar-refractivity contribution >= 4 is 17.5 Å². The van der Waals surface area contributed by atoms with E-state index in [1.807, 2.05) is 80.6 Å². The molecule has 1 aromatic carbocycles. The summed E-state index contributed by atoms with van der Waals surface area (Å²) in [4.78, 5) is 11.6. The Morgan fingerprint density at radius 1 is 1.29 bits per heavy atom. The van der Waals surface area contributed by atoms with Gasteiger partial charge in [-0.05, 0) is 43.6 Å². The van der Waals surface area contributed by atoms with E-state index < -0.39 is 5.91 Å². The Kier molecular flexibility index (Phi) is 8.57. The fourth-order valence-corrected chi connectivity index (χ4v) is 2.90. The van der Waals surface area contributed by atoms with Crippen LogP contribution in [0.25, 0.3) is 0 Å². The maximum Gasteiger partial charge on any atom is 0.244 e. The van der Waals surface area contributed by atoms with Gasteiger partial charge in [-0.2, -0.15) is 0 Å². The number of allylic oxidation sites excluding steroid dienone is 10. The minimum Gasteiger partial charge on any atom is -0.492 e. The fraction of sp³-hybridized carbons (Fsp3) is 0.208. The third-order valence-electron chi connectivity index (χ3n) is 4.28. The number of benzene rings is 1. The minimum atomic E-state index is -0.423. The number of amides is 1. The first-order chi connectivity index (χ1) is 13.5. The van der Waals surface area contributed by atoms with Crippen LogP contribution in [0.15, 0.2) is 100 Å². The van der Waals surface area contributed by atoms with Crippen molar-refractivity contribution in [2.75, 3.05) is 0 Å². The van der Waals surface area contributed by atoms with E-state index in [0.717, 1.165) is 22.5 Å². The highest BCUT2D eigenvalue weighted by atomic mass is 35.5. The van der Waals surface area contributed by atoms with E-state index >= 15 is 0 Å². The smallest absolute Gasteiger partial charge is 0.244 e. The SMILES string of the molecule is C/C=C\C=C(/C/C=C(/C)C1=C(OCc2ccccc2)CC=CC(Cl)=C1)C(N)=O. The topological polar surface area (TPSA) is 52.3 Å². The van der Waals surface area contributed by atoms with E-state index in [0.29, 0.717) is 30.1 Å². The molecule has 1 aliphatic carbocycles. The molecule has 0 unspecified atom stereocenters. The predicted molar refractivity (Wildman–Crippen MR) is 116 cm³/mol. The average Bonchev–Trinajstić information content (AvgIpc) is 2.88. The Bertz CT molecular complexity index is 871. The third-order valence-corrected chi connectivity index (χ3v) is 4.51. The van der Waals surface area contributed by atoms with Crippen LogP contribution >= 0.6 is 11.6 Å². The van der Waals surface area contributed by atoms with Crippen LogP contribution in [0.4, 0.5) is 0 Å². The first-order valence-electron chi connectivity index (χ1n) is 9.23. The molecule has 0 bridgehead atoms. The van der Waals surface area contributed by atoms with E-state index in [4.69, 9.17) is 22.1 Å². The number of hydrogen-bond donors (Lipinski definition) is 1. The summed E-state index contributed by atoms with van der Waals surface area (Å²) >= 11 is 6.29. The zero-order valence-corrected chi connectivity index (χ0v) is 17.1. The van der Waals surface area contributed by atoms with Gasteiger partial charge in [0.2, 0.25) is 5.91 Å². The number of primary amides is 1. The van der Waals surface area contributed by atoms with Crippen LogP contribution in [0.3, 0.4) is 0 Å². The zero-order valence-electron chi connectivity index (χ0n) is 16.3. The summed E-state index contributed by atoms with van der Waals surface area (Å²) in [6.45, 7) is 4.37. The molecule has 0 fully saturated rings. The zero-order chi connectivity index (χ0) is 20.4. The highest BCUT2D eigenvalue weighted by molar-refractivity contribution is 6.31. The average molecular weight is 396 g/mol. The Labute approximate surface area is 172 Å². The van der Waals surface area contributed by atoms with Gasteiger partial charge in [0.25, 0.3) is 0 Å². The lowest BCUT2D eigenvalue weighted by atomic mass is 10.0. The van der Waals surface area contributed by atoms with E-state index in [1.165, 1.54) is 0 Å². The second kappa shape index (κ2) is 11.2. The molecular formula is C24H26ClNO2. The molecule has 0 aromatic heterocycles. The number of nitrogens with two attached hydrogens (primary N) is 1. The molecule has 4 heteroatoms. The first kappa shape index (κ1) is 21.5. The monoisotopic (exact) mass is 395 g/mol. The van der Waals surface area contributed by atoms with Crippen molar-refractivity contribution in [2.24, 2.45) is 5.73 Å². The molecule has 0 spiro atoms. The minimum absolute atomic E-state index is 0.423. The first-order valence-corrected chi connectivity index (χ1v) is 9.61. The molecule has 28 heavy (non-hydrogen) atoms. The van der Waals surface area contributed by atoms with Crippen LogP contribution in [-0.2, 0) is 16.1 Å². The van der Waals surface area contributed by atoms with Crippen molar-refractivity contribution < 1.29 is 9.53 Å². The van der Waals surface area contributed by atoms with E-state index in [9.17, 15) is 4.79 Å². The molecule has 0 heterocycles. The molecule has 0 saturated heterocycles. The molecule has 146 valence electrons. The van der Waals surface area contributed by atoms with Crippen molar-refractivity contribution in [3.05, 3.63) is 106 Å². The van der Waals surface area contributed by atoms with Crippen LogP contribution in [-0.4, -0.2) is 5.91 Å². The quantitative estimate of drug-likeness (QED) is 0.442. The number of hydrogen-bond acceptors (Lipinski definition) is 2. The van der Waals surface area contributed by atoms with Crippen molar-refractivity contribution in [1.29, 1.82) is 0 Å². The van der Waals surface area contributed by atoms with Crippen LogP contribution in [0.2, 0.25) is 0 Å². The van der Waals surface area contributed by atoms with Gasteiger partial charge in [-0.15, -0.1) is 0 Å². The van der Waals surface area contributed by atoms with E-state index in [2.05, 4.69) is 0 Å². The summed E-state index contributed by atoms with van der Waals surface area (Å²) in [6, 6.07) is 10.0. The predicted octanol–water partition coefficient (Wildman–Crippen LogP) is 5.86. The van der Waals surface area contributed by atoms with Crippen LogP contribution in [0.5, 0.6) is 0 Å². The van der Waals surface area contributed by atoms with Crippen molar-refractivity contribution in [2.45, 2.75) is 33.3 Å². The lowest BCUT2D eigenvalue weighted by molar-refractivity contribution is -0.114. The van der Waals surface area contributed by atoms with E-state index in [1.54, 1.807) is 6.08 Å². The molecular weight excluding hydrogens is 370 g/mol. The van der Waals surface area contributed by atoms with E-state index in [-0.39, 0.29) is 0 Å². The van der Waals surface area contributed by atoms with Gasteiger partial charge < -0.3 is 10.5 Å². The molecule has 1 amide bonds. The molecule has 0 aliphatic heterocycles. The van der Waals surface area contributed by atoms with Crippen LogP contribution < -0.4 is 5.73 Å². The molecule has 2 N–H and O–H groups in total. The highest BCUT2D eigenvalue weighted by Crippen LogP contribution is 2.27. The third kappa shape index (κ3) is 6.75. The Hall–Kier alpha value is -2.78. The molecule has 0 saturated carbocycles. The Balaban J connectivity index is 2.27. The van der Waals surface area contributed by atoms with Gasteiger partial charge in [-0.1, -0.05) is 72.3 Å². The molecule has 0 radical (unpaired) electrons. The second-order valence-electron chi connectivity index (χ2n) is 6.42. The lowest BCUT2D eigenvalue weighted by Crippen LogP contribution is -2.13. The standard InChI is InChI=1S/C24H26ClNO2/c1-3-4-11-20(24(26)27)15-14-18(2)22-16-21(25)12-8-13-23(22)28-17-19-9-6-5-7-10-19/h3-12,14,16H,13,15,17H2,1-2H3,(H2,26,27)/b4-3-,18-14-,20-11+. The number of carbonyl (C=O) groups is 1. The summed E-state index contributed by atoms with van der Waals surface area (Å²) in [5, 5.41) is 0.639. The molecule has 3 nitrogen and oxygen atoms in total. The Morgan fingerprint density at radius 2 is 2.04 bits per heavy atom. The normalized spacial score (nSPS) is 15.6. The maximum absolute atomic E-state index is 11.6. The summed E-state index contributed by atoms with van der Waals surface area (Å²) in [6.07, 6.45) is 14.2. The number of halogens is 1. The van der Waals surface area contributed by atoms with Gasteiger partial charge in [-0.25, -0.2) is 0 Å².